The van der Waals surface area contributed by atoms with E-state index in [4.69, 9.17) is 0 Å². The molecular formula is C24H32N4O. The van der Waals surface area contributed by atoms with E-state index in [0.717, 1.165) is 57.6 Å². The van der Waals surface area contributed by atoms with Crippen LogP contribution < -0.4 is 0 Å². The molecule has 0 radical (unpaired) electrons. The van der Waals surface area contributed by atoms with Gasteiger partial charge in [0, 0.05) is 32.4 Å². The number of rotatable bonds is 4. The van der Waals surface area contributed by atoms with Gasteiger partial charge in [0.15, 0.2) is 0 Å². The maximum atomic E-state index is 13.2. The van der Waals surface area contributed by atoms with Gasteiger partial charge in [0.1, 0.15) is 6.33 Å². The molecule has 2 saturated heterocycles. The van der Waals surface area contributed by atoms with Crippen LogP contribution in [-0.2, 0) is 6.42 Å². The molecule has 5 heteroatoms. The van der Waals surface area contributed by atoms with E-state index in [1.165, 1.54) is 12.0 Å². The van der Waals surface area contributed by atoms with Crippen LogP contribution in [0.15, 0.2) is 42.9 Å². The first-order chi connectivity index (χ1) is 14.1. The maximum absolute atomic E-state index is 13.2. The largest absolute Gasteiger partial charge is 0.339 e. The van der Waals surface area contributed by atoms with Gasteiger partial charge in [-0.1, -0.05) is 43.7 Å². The molecule has 4 rings (SSSR count). The fraction of sp³-hybridized carbons (Fsp3) is 0.542. The molecule has 2 fully saturated rings. The third kappa shape index (κ3) is 4.35. The van der Waals surface area contributed by atoms with Crippen LogP contribution in [0.1, 0.15) is 60.1 Å². The molecule has 1 unspecified atom stereocenters. The van der Waals surface area contributed by atoms with Crippen LogP contribution in [-0.4, -0.2) is 58.9 Å². The van der Waals surface area contributed by atoms with Crippen molar-refractivity contribution in [3.8, 4) is 0 Å². The van der Waals surface area contributed by atoms with Crippen LogP contribution in [0.4, 0.5) is 0 Å². The molecule has 2 aliphatic rings. The lowest BCUT2D eigenvalue weighted by atomic mass is 9.68. The first-order valence-electron chi connectivity index (χ1n) is 10.9. The zero-order chi connectivity index (χ0) is 20.3. The van der Waals surface area contributed by atoms with E-state index < -0.39 is 0 Å². The number of aromatic nitrogens is 2. The molecule has 0 saturated carbocycles. The minimum Gasteiger partial charge on any atom is -0.339 e. The predicted octanol–water partition coefficient (Wildman–Crippen LogP) is 3.77. The van der Waals surface area contributed by atoms with Gasteiger partial charge in [0.2, 0.25) is 0 Å². The Hall–Kier alpha value is -2.27. The molecule has 154 valence electrons. The number of hydrogen-bond donors (Lipinski definition) is 0. The normalized spacial score (nSPS) is 22.0. The number of likely N-dealkylation sites (N-methyl/N-ethyl adjacent to an activating group) is 1. The summed E-state index contributed by atoms with van der Waals surface area (Å²) in [6, 6.07) is 10.9. The number of aryl methyl sites for hydroxylation is 1. The van der Waals surface area contributed by atoms with Gasteiger partial charge < -0.3 is 9.80 Å². The van der Waals surface area contributed by atoms with E-state index in [9.17, 15) is 4.79 Å². The topological polar surface area (TPSA) is 49.3 Å². The van der Waals surface area contributed by atoms with Gasteiger partial charge in [-0.25, -0.2) is 9.97 Å². The van der Waals surface area contributed by atoms with Gasteiger partial charge in [-0.15, -0.1) is 0 Å². The van der Waals surface area contributed by atoms with E-state index in [2.05, 4.69) is 59.2 Å². The van der Waals surface area contributed by atoms with Crippen molar-refractivity contribution in [1.82, 2.24) is 19.8 Å². The molecule has 29 heavy (non-hydrogen) atoms. The van der Waals surface area contributed by atoms with Crippen molar-refractivity contribution in [1.29, 1.82) is 0 Å². The standard InChI is InChI=1S/C24H32N4O/c1-3-7-22-21(15-25-18-26-22)23(29)28-12-10-24(11-13-28)14-20(16-27(2)17-24)19-8-5-4-6-9-19/h4-6,8-9,15,18,20H,3,7,10-14,16-17H2,1-2H3. The van der Waals surface area contributed by atoms with Gasteiger partial charge in [-0.2, -0.15) is 0 Å². The highest BCUT2D eigenvalue weighted by atomic mass is 16.2. The first kappa shape index (κ1) is 20.0. The SMILES string of the molecule is CCCc1ncncc1C(=O)N1CCC2(CC1)CC(c1ccccc1)CN(C)C2. The van der Waals surface area contributed by atoms with Gasteiger partial charge in [0.25, 0.3) is 5.91 Å². The molecule has 3 heterocycles. The minimum absolute atomic E-state index is 0.104. The van der Waals surface area contributed by atoms with E-state index in [0.29, 0.717) is 16.9 Å². The average Bonchev–Trinajstić information content (AvgIpc) is 2.75. The van der Waals surface area contributed by atoms with Crippen LogP contribution in [0.2, 0.25) is 0 Å². The number of hydrogen-bond acceptors (Lipinski definition) is 4. The monoisotopic (exact) mass is 392 g/mol. The van der Waals surface area contributed by atoms with Crippen LogP contribution >= 0.6 is 0 Å². The van der Waals surface area contributed by atoms with Crippen molar-refractivity contribution in [3.05, 3.63) is 59.7 Å². The molecule has 2 aliphatic heterocycles. The van der Waals surface area contributed by atoms with Crippen LogP contribution in [0, 0.1) is 5.41 Å². The second kappa shape index (κ2) is 8.62. The molecule has 5 nitrogen and oxygen atoms in total. The first-order valence-corrected chi connectivity index (χ1v) is 10.9. The molecule has 0 bridgehead atoms. The number of nitrogens with zero attached hydrogens (tertiary/aromatic N) is 4. The van der Waals surface area contributed by atoms with Crippen molar-refractivity contribution in [3.63, 3.8) is 0 Å². The highest BCUT2D eigenvalue weighted by molar-refractivity contribution is 5.95. The molecule has 1 aromatic heterocycles. The van der Waals surface area contributed by atoms with Crippen molar-refractivity contribution in [2.75, 3.05) is 33.2 Å². The Morgan fingerprint density at radius 2 is 1.97 bits per heavy atom. The Morgan fingerprint density at radius 1 is 1.21 bits per heavy atom. The third-order valence-electron chi connectivity index (χ3n) is 6.71. The fourth-order valence-electron chi connectivity index (χ4n) is 5.30. The Bertz CT molecular complexity index is 830. The molecule has 2 aromatic rings. The Balaban J connectivity index is 1.45. The molecule has 0 aliphatic carbocycles. The highest BCUT2D eigenvalue weighted by Gasteiger charge is 2.42. The predicted molar refractivity (Wildman–Crippen MR) is 115 cm³/mol. The van der Waals surface area contributed by atoms with E-state index in [1.807, 2.05) is 4.90 Å². The highest BCUT2D eigenvalue weighted by Crippen LogP contribution is 2.44. The summed E-state index contributed by atoms with van der Waals surface area (Å²) in [6.07, 6.45) is 8.42. The zero-order valence-electron chi connectivity index (χ0n) is 17.7. The lowest BCUT2D eigenvalue weighted by Crippen LogP contribution is -2.51. The minimum atomic E-state index is 0.104. The molecule has 1 atom stereocenters. The molecular weight excluding hydrogens is 360 g/mol. The number of likely N-dealkylation sites (tertiary alicyclic amines) is 2. The quantitative estimate of drug-likeness (QED) is 0.795. The fourth-order valence-corrected chi connectivity index (χ4v) is 5.30. The van der Waals surface area contributed by atoms with Gasteiger partial charge in [-0.05, 0) is 49.6 Å². The van der Waals surface area contributed by atoms with E-state index in [1.54, 1.807) is 12.5 Å². The summed E-state index contributed by atoms with van der Waals surface area (Å²) in [5, 5.41) is 0. The molecule has 0 N–H and O–H groups in total. The number of benzene rings is 1. The second-order valence-corrected chi connectivity index (χ2v) is 8.93. The maximum Gasteiger partial charge on any atom is 0.257 e. The summed E-state index contributed by atoms with van der Waals surface area (Å²) in [7, 11) is 2.24. The number of piperidine rings is 2. The van der Waals surface area contributed by atoms with Crippen LogP contribution in [0.3, 0.4) is 0 Å². The van der Waals surface area contributed by atoms with Gasteiger partial charge >= 0.3 is 0 Å². The van der Waals surface area contributed by atoms with Crippen LogP contribution in [0.5, 0.6) is 0 Å². The summed E-state index contributed by atoms with van der Waals surface area (Å²) in [5.41, 5.74) is 3.33. The van der Waals surface area contributed by atoms with Gasteiger partial charge in [-0.3, -0.25) is 4.79 Å². The summed E-state index contributed by atoms with van der Waals surface area (Å²) in [5.74, 6) is 0.684. The average molecular weight is 393 g/mol. The lowest BCUT2D eigenvalue weighted by molar-refractivity contribution is 0.0223. The summed E-state index contributed by atoms with van der Waals surface area (Å²) >= 11 is 0. The summed E-state index contributed by atoms with van der Waals surface area (Å²) < 4.78 is 0. The Kier molecular flexibility index (Phi) is 5.95. The molecule has 1 aromatic carbocycles. The van der Waals surface area contributed by atoms with Crippen molar-refractivity contribution < 1.29 is 4.79 Å². The summed E-state index contributed by atoms with van der Waals surface area (Å²) in [4.78, 5) is 26.1. The van der Waals surface area contributed by atoms with Crippen molar-refractivity contribution in [2.24, 2.45) is 5.41 Å². The Labute approximate surface area is 174 Å². The third-order valence-corrected chi connectivity index (χ3v) is 6.71. The van der Waals surface area contributed by atoms with Crippen molar-refractivity contribution >= 4 is 5.91 Å². The molecule has 1 amide bonds. The van der Waals surface area contributed by atoms with E-state index in [-0.39, 0.29) is 5.91 Å². The number of amides is 1. The summed E-state index contributed by atoms with van der Waals surface area (Å²) in [6.45, 7) is 6.02. The zero-order valence-corrected chi connectivity index (χ0v) is 17.7. The Morgan fingerprint density at radius 3 is 2.69 bits per heavy atom. The van der Waals surface area contributed by atoms with Crippen LogP contribution in [0.25, 0.3) is 0 Å². The van der Waals surface area contributed by atoms with Crippen molar-refractivity contribution in [2.45, 2.75) is 44.9 Å². The van der Waals surface area contributed by atoms with Gasteiger partial charge in [0.05, 0.1) is 11.3 Å². The number of carbonyl (C=O) groups excluding carboxylic acids is 1. The number of carbonyl (C=O) groups is 1. The smallest absolute Gasteiger partial charge is 0.257 e. The lowest BCUT2D eigenvalue weighted by Gasteiger charge is -2.49. The second-order valence-electron chi connectivity index (χ2n) is 8.93. The molecule has 1 spiro atoms. The van der Waals surface area contributed by atoms with E-state index >= 15 is 0 Å².